The van der Waals surface area contributed by atoms with Crippen LogP contribution in [0.25, 0.3) is 5.57 Å². The molecule has 35 heavy (non-hydrogen) atoms. The van der Waals surface area contributed by atoms with Crippen molar-refractivity contribution in [1.29, 1.82) is 0 Å². The maximum Gasteiger partial charge on any atom is 0.327 e. The van der Waals surface area contributed by atoms with Gasteiger partial charge in [-0.2, -0.15) is 0 Å². The molecule has 7 nitrogen and oxygen atoms in total. The average Bonchev–Trinajstić information content (AvgIpc) is 3.33. The Hall–Kier alpha value is -2.97. The minimum atomic E-state index is -0.327. The SMILES string of the molecule is COc1ccccc1N1CCN(CCN2C(=O)C3C(c4cccc(C)c4)=CSC3N(C)C2=O)CC1. The summed E-state index contributed by atoms with van der Waals surface area (Å²) in [5, 5.41) is 1.89. The number of piperazine rings is 1. The second-order valence-corrected chi connectivity index (χ2v) is 10.3. The molecule has 3 aliphatic heterocycles. The van der Waals surface area contributed by atoms with E-state index >= 15 is 0 Å². The second kappa shape index (κ2) is 9.95. The zero-order valence-electron chi connectivity index (χ0n) is 20.5. The summed E-state index contributed by atoms with van der Waals surface area (Å²) in [4.78, 5) is 34.6. The normalized spacial score (nSPS) is 22.9. The van der Waals surface area contributed by atoms with Crippen molar-refractivity contribution in [2.45, 2.75) is 12.3 Å². The quantitative estimate of drug-likeness (QED) is 0.612. The fraction of sp³-hybridized carbons (Fsp3) is 0.407. The summed E-state index contributed by atoms with van der Waals surface area (Å²) in [6.45, 7) is 6.65. The van der Waals surface area contributed by atoms with E-state index in [0.717, 1.165) is 54.3 Å². The van der Waals surface area contributed by atoms with Crippen molar-refractivity contribution in [2.75, 3.05) is 58.3 Å². The van der Waals surface area contributed by atoms with Gasteiger partial charge in [-0.3, -0.25) is 14.6 Å². The van der Waals surface area contributed by atoms with E-state index in [0.29, 0.717) is 13.1 Å². The Labute approximate surface area is 211 Å². The Bertz CT molecular complexity index is 1140. The summed E-state index contributed by atoms with van der Waals surface area (Å²) in [7, 11) is 3.51. The number of anilines is 1. The van der Waals surface area contributed by atoms with E-state index in [9.17, 15) is 9.59 Å². The topological polar surface area (TPSA) is 56.3 Å². The lowest BCUT2D eigenvalue weighted by atomic mass is 9.90. The highest BCUT2D eigenvalue weighted by Gasteiger charge is 2.49. The van der Waals surface area contributed by atoms with E-state index in [1.165, 1.54) is 4.90 Å². The molecule has 3 amide bonds. The molecular formula is C27H32N4O3S. The van der Waals surface area contributed by atoms with Crippen LogP contribution in [0.2, 0.25) is 0 Å². The van der Waals surface area contributed by atoms with Crippen LogP contribution < -0.4 is 9.64 Å². The zero-order chi connectivity index (χ0) is 24.5. The number of thioether (sulfide) groups is 1. The number of carbonyl (C=O) groups excluding carboxylic acids is 2. The molecule has 2 saturated heterocycles. The number of rotatable bonds is 6. The summed E-state index contributed by atoms with van der Waals surface area (Å²) >= 11 is 1.57. The molecule has 184 valence electrons. The molecule has 0 bridgehead atoms. The Morgan fingerprint density at radius 2 is 1.77 bits per heavy atom. The number of carbonyl (C=O) groups is 2. The number of amides is 3. The maximum atomic E-state index is 13.6. The first-order chi connectivity index (χ1) is 17.0. The molecule has 8 heteroatoms. The van der Waals surface area contributed by atoms with Crippen molar-refractivity contribution in [1.82, 2.24) is 14.7 Å². The van der Waals surface area contributed by atoms with Crippen LogP contribution >= 0.6 is 11.8 Å². The number of ether oxygens (including phenoxy) is 1. The van der Waals surface area contributed by atoms with Crippen molar-refractivity contribution in [2.24, 2.45) is 5.92 Å². The molecule has 0 aromatic heterocycles. The Balaban J connectivity index is 1.23. The van der Waals surface area contributed by atoms with E-state index in [1.807, 2.05) is 31.3 Å². The molecule has 0 radical (unpaired) electrons. The summed E-state index contributed by atoms with van der Waals surface area (Å²) in [6, 6.07) is 16.1. The van der Waals surface area contributed by atoms with Crippen molar-refractivity contribution < 1.29 is 14.3 Å². The van der Waals surface area contributed by atoms with Gasteiger partial charge in [0.25, 0.3) is 0 Å². The lowest BCUT2D eigenvalue weighted by molar-refractivity contribution is -0.134. The zero-order valence-corrected chi connectivity index (χ0v) is 21.3. The van der Waals surface area contributed by atoms with Crippen LogP contribution in [0.15, 0.2) is 53.9 Å². The first kappa shape index (κ1) is 23.8. The van der Waals surface area contributed by atoms with Gasteiger partial charge in [-0.15, -0.1) is 11.8 Å². The van der Waals surface area contributed by atoms with Crippen molar-refractivity contribution >= 4 is 35.0 Å². The highest BCUT2D eigenvalue weighted by atomic mass is 32.2. The number of hydrogen-bond donors (Lipinski definition) is 0. The van der Waals surface area contributed by atoms with E-state index < -0.39 is 0 Å². The lowest BCUT2D eigenvalue weighted by Crippen LogP contribution is -2.60. The molecule has 2 fully saturated rings. The van der Waals surface area contributed by atoms with Crippen LogP contribution in [0.1, 0.15) is 11.1 Å². The van der Waals surface area contributed by atoms with Crippen LogP contribution in [0, 0.1) is 12.8 Å². The van der Waals surface area contributed by atoms with Gasteiger partial charge in [-0.25, -0.2) is 4.79 Å². The van der Waals surface area contributed by atoms with Gasteiger partial charge in [0.1, 0.15) is 5.75 Å². The predicted molar refractivity (Wildman–Crippen MR) is 141 cm³/mol. The Morgan fingerprint density at radius 3 is 2.51 bits per heavy atom. The molecule has 2 atom stereocenters. The number of hydrogen-bond acceptors (Lipinski definition) is 6. The summed E-state index contributed by atoms with van der Waals surface area (Å²) in [6.07, 6.45) is 0. The van der Waals surface area contributed by atoms with Crippen LogP contribution in [-0.4, -0.2) is 85.4 Å². The van der Waals surface area contributed by atoms with Gasteiger partial charge in [0.15, 0.2) is 0 Å². The fourth-order valence-electron chi connectivity index (χ4n) is 5.20. The highest BCUT2D eigenvalue weighted by molar-refractivity contribution is 8.03. The number of imide groups is 1. The molecule has 0 spiro atoms. The molecule has 2 unspecified atom stereocenters. The van der Waals surface area contributed by atoms with Gasteiger partial charge >= 0.3 is 6.03 Å². The monoisotopic (exact) mass is 492 g/mol. The van der Waals surface area contributed by atoms with Gasteiger partial charge < -0.3 is 14.5 Å². The largest absolute Gasteiger partial charge is 0.495 e. The summed E-state index contributed by atoms with van der Waals surface area (Å²) in [5.74, 6) is 0.477. The standard InChI is InChI=1S/C27H32N4O3S/c1-19-7-6-8-20(17-19)21-18-35-26-24(21)25(32)31(27(33)28(26)2)16-13-29-11-14-30(15-12-29)22-9-4-5-10-23(22)34-3/h4-10,17-18,24,26H,11-16H2,1-3H3. The second-order valence-electron chi connectivity index (χ2n) is 9.33. The number of aryl methyl sites for hydroxylation is 1. The highest BCUT2D eigenvalue weighted by Crippen LogP contribution is 2.46. The molecule has 3 aliphatic rings. The molecule has 0 saturated carbocycles. The van der Waals surface area contributed by atoms with Gasteiger partial charge in [0.05, 0.1) is 24.1 Å². The van der Waals surface area contributed by atoms with E-state index in [-0.39, 0.29) is 23.2 Å². The van der Waals surface area contributed by atoms with Gasteiger partial charge in [-0.1, -0.05) is 42.0 Å². The number of benzene rings is 2. The van der Waals surface area contributed by atoms with Gasteiger partial charge in [-0.05, 0) is 35.6 Å². The fourth-order valence-corrected chi connectivity index (χ4v) is 6.46. The summed E-state index contributed by atoms with van der Waals surface area (Å²) in [5.41, 5.74) is 4.35. The smallest absolute Gasteiger partial charge is 0.327 e. The van der Waals surface area contributed by atoms with E-state index in [4.69, 9.17) is 4.74 Å². The van der Waals surface area contributed by atoms with Gasteiger partial charge in [0.2, 0.25) is 5.91 Å². The molecule has 0 N–H and O–H groups in total. The predicted octanol–water partition coefficient (Wildman–Crippen LogP) is 3.75. The van der Waals surface area contributed by atoms with Crippen LogP contribution in [-0.2, 0) is 4.79 Å². The van der Waals surface area contributed by atoms with Crippen LogP contribution in [0.4, 0.5) is 10.5 Å². The molecule has 0 aliphatic carbocycles. The molecule has 3 heterocycles. The first-order valence-electron chi connectivity index (χ1n) is 12.1. The Kier molecular flexibility index (Phi) is 6.75. The molecule has 2 aromatic carbocycles. The van der Waals surface area contributed by atoms with Crippen molar-refractivity contribution in [3.8, 4) is 5.75 Å². The van der Waals surface area contributed by atoms with Crippen molar-refractivity contribution in [3.05, 3.63) is 65.1 Å². The summed E-state index contributed by atoms with van der Waals surface area (Å²) < 4.78 is 5.52. The van der Waals surface area contributed by atoms with Crippen molar-refractivity contribution in [3.63, 3.8) is 0 Å². The number of methoxy groups -OCH3 is 1. The third-order valence-electron chi connectivity index (χ3n) is 7.19. The number of urea groups is 1. The maximum absolute atomic E-state index is 13.6. The minimum Gasteiger partial charge on any atom is -0.495 e. The Morgan fingerprint density at radius 1 is 1.00 bits per heavy atom. The van der Waals surface area contributed by atoms with Crippen LogP contribution in [0.3, 0.4) is 0 Å². The van der Waals surface area contributed by atoms with E-state index in [2.05, 4.69) is 46.4 Å². The third-order valence-corrected chi connectivity index (χ3v) is 8.45. The lowest BCUT2D eigenvalue weighted by Gasteiger charge is -2.42. The third kappa shape index (κ3) is 4.52. The number of para-hydroxylation sites is 2. The molecule has 2 aromatic rings. The number of fused-ring (bicyclic) bond motifs is 1. The number of nitrogens with zero attached hydrogens (tertiary/aromatic N) is 4. The van der Waals surface area contributed by atoms with E-state index in [1.54, 1.807) is 23.8 Å². The average molecular weight is 493 g/mol. The molecular weight excluding hydrogens is 460 g/mol. The van der Waals surface area contributed by atoms with Crippen LogP contribution in [0.5, 0.6) is 5.75 Å². The van der Waals surface area contributed by atoms with Gasteiger partial charge in [0, 0.05) is 46.3 Å². The molecule has 5 rings (SSSR count). The first-order valence-corrected chi connectivity index (χ1v) is 13.0. The minimum absolute atomic E-state index is 0.0801.